The van der Waals surface area contributed by atoms with Crippen LogP contribution in [0.1, 0.15) is 25.0 Å². The minimum absolute atomic E-state index is 0.0970. The summed E-state index contributed by atoms with van der Waals surface area (Å²) in [4.78, 5) is 16.2. The van der Waals surface area contributed by atoms with E-state index in [4.69, 9.17) is 5.41 Å². The van der Waals surface area contributed by atoms with Gasteiger partial charge in [0.25, 0.3) is 0 Å². The number of fused-ring (bicyclic) bond motifs is 1. The fourth-order valence-electron chi connectivity index (χ4n) is 3.22. The van der Waals surface area contributed by atoms with Gasteiger partial charge in [0.05, 0.1) is 5.41 Å². The van der Waals surface area contributed by atoms with Crippen molar-refractivity contribution in [2.75, 3.05) is 25.5 Å². The molecule has 0 radical (unpaired) electrons. The van der Waals surface area contributed by atoms with E-state index in [2.05, 4.69) is 16.3 Å². The fraction of sp³-hybridized carbons (Fsp3) is 0.300. The number of nitrogens with one attached hydrogen (secondary N) is 2. The molecule has 1 amide bonds. The molecule has 1 aromatic rings. The standard InChI is InChI=1S/C20H24N4O/c1-20(2)17-6-5-14(11-18(17)24(4)19(20)25)15(12-21)13-22-16-7-9-23(3)10-8-16/h5-9,11-13,21-22H,10H2,1-4H3/b15-13+,21-12?. The molecule has 2 aliphatic rings. The molecule has 0 unspecified atom stereocenters. The van der Waals surface area contributed by atoms with Crippen molar-refractivity contribution < 1.29 is 4.79 Å². The van der Waals surface area contributed by atoms with Crippen molar-refractivity contribution in [3.05, 3.63) is 59.6 Å². The molecule has 130 valence electrons. The van der Waals surface area contributed by atoms with E-state index in [1.54, 1.807) is 11.9 Å². The van der Waals surface area contributed by atoms with Crippen LogP contribution in [0.25, 0.3) is 5.57 Å². The molecule has 5 nitrogen and oxygen atoms in total. The van der Waals surface area contributed by atoms with Gasteiger partial charge in [-0.2, -0.15) is 0 Å². The number of allylic oxidation sites excluding steroid dienone is 2. The quantitative estimate of drug-likeness (QED) is 0.831. The number of anilines is 1. The summed E-state index contributed by atoms with van der Waals surface area (Å²) < 4.78 is 0. The molecule has 2 aliphatic heterocycles. The lowest BCUT2D eigenvalue weighted by Gasteiger charge is -2.17. The second kappa shape index (κ2) is 6.24. The molecule has 0 aromatic heterocycles. The van der Waals surface area contributed by atoms with Crippen molar-refractivity contribution in [1.82, 2.24) is 10.2 Å². The Labute approximate surface area is 148 Å². The number of hydrogen-bond acceptors (Lipinski definition) is 4. The van der Waals surface area contributed by atoms with Gasteiger partial charge < -0.3 is 20.5 Å². The van der Waals surface area contributed by atoms with Crippen LogP contribution in [0.2, 0.25) is 0 Å². The SMILES string of the molecule is CN1C=CC(N/C=C(\C=N)c2ccc3c(c2)N(C)C(=O)C3(C)C)=CC1. The van der Waals surface area contributed by atoms with Crippen LogP contribution in [-0.2, 0) is 10.2 Å². The Balaban J connectivity index is 1.88. The van der Waals surface area contributed by atoms with Gasteiger partial charge in [-0.15, -0.1) is 0 Å². The normalized spacial score (nSPS) is 19.0. The molecule has 0 aliphatic carbocycles. The molecule has 0 bridgehead atoms. The van der Waals surface area contributed by atoms with E-state index in [9.17, 15) is 4.79 Å². The van der Waals surface area contributed by atoms with Gasteiger partial charge in [0.2, 0.25) is 5.91 Å². The number of hydrogen-bond donors (Lipinski definition) is 2. The molecule has 0 fully saturated rings. The van der Waals surface area contributed by atoms with Crippen LogP contribution in [-0.4, -0.2) is 37.7 Å². The molecular weight excluding hydrogens is 312 g/mol. The van der Waals surface area contributed by atoms with Gasteiger partial charge in [-0.05, 0) is 43.2 Å². The van der Waals surface area contributed by atoms with Gasteiger partial charge >= 0.3 is 0 Å². The Morgan fingerprint density at radius 3 is 2.72 bits per heavy atom. The second-order valence-corrected chi connectivity index (χ2v) is 7.02. The maximum absolute atomic E-state index is 12.4. The number of carbonyl (C=O) groups excluding carboxylic acids is 1. The number of likely N-dealkylation sites (N-methyl/N-ethyl adjacent to an activating group) is 2. The van der Waals surface area contributed by atoms with Crippen molar-refractivity contribution >= 4 is 23.4 Å². The molecule has 3 rings (SSSR count). The van der Waals surface area contributed by atoms with Gasteiger partial charge in [0, 0.05) is 56.2 Å². The van der Waals surface area contributed by atoms with E-state index in [0.717, 1.165) is 34.6 Å². The van der Waals surface area contributed by atoms with Crippen LogP contribution in [0, 0.1) is 5.41 Å². The molecular formula is C20H24N4O. The van der Waals surface area contributed by atoms with Crippen molar-refractivity contribution in [2.24, 2.45) is 0 Å². The lowest BCUT2D eigenvalue weighted by Crippen LogP contribution is -2.33. The smallest absolute Gasteiger partial charge is 0.236 e. The first-order valence-corrected chi connectivity index (χ1v) is 8.33. The third-order valence-corrected chi connectivity index (χ3v) is 4.86. The van der Waals surface area contributed by atoms with E-state index < -0.39 is 5.41 Å². The molecule has 0 saturated carbocycles. The first kappa shape index (κ1) is 17.0. The summed E-state index contributed by atoms with van der Waals surface area (Å²) in [6, 6.07) is 5.96. The van der Waals surface area contributed by atoms with Gasteiger partial charge in [0.15, 0.2) is 0 Å². The molecule has 1 aromatic carbocycles. The summed E-state index contributed by atoms with van der Waals surface area (Å²) in [6.45, 7) is 4.75. The van der Waals surface area contributed by atoms with Crippen LogP contribution < -0.4 is 10.2 Å². The summed E-state index contributed by atoms with van der Waals surface area (Å²) in [5, 5.41) is 11.0. The number of nitrogens with zero attached hydrogens (tertiary/aromatic N) is 2. The topological polar surface area (TPSA) is 59.4 Å². The van der Waals surface area contributed by atoms with Gasteiger partial charge in [-0.25, -0.2) is 0 Å². The lowest BCUT2D eigenvalue weighted by atomic mass is 9.85. The largest absolute Gasteiger partial charge is 0.377 e. The van der Waals surface area contributed by atoms with Crippen LogP contribution >= 0.6 is 0 Å². The molecule has 0 atom stereocenters. The zero-order chi connectivity index (χ0) is 18.2. The highest BCUT2D eigenvalue weighted by Gasteiger charge is 2.42. The Kier molecular flexibility index (Phi) is 4.25. The zero-order valence-electron chi connectivity index (χ0n) is 15.1. The van der Waals surface area contributed by atoms with E-state index in [-0.39, 0.29) is 5.91 Å². The zero-order valence-corrected chi connectivity index (χ0v) is 15.1. The fourth-order valence-corrected chi connectivity index (χ4v) is 3.22. The Hall–Kier alpha value is -2.82. The predicted octanol–water partition coefficient (Wildman–Crippen LogP) is 2.86. The second-order valence-electron chi connectivity index (χ2n) is 7.02. The van der Waals surface area contributed by atoms with Crippen molar-refractivity contribution in [3.63, 3.8) is 0 Å². The first-order chi connectivity index (χ1) is 11.8. The number of carbonyl (C=O) groups is 1. The summed E-state index contributed by atoms with van der Waals surface area (Å²) >= 11 is 0. The van der Waals surface area contributed by atoms with Gasteiger partial charge in [0.1, 0.15) is 0 Å². The van der Waals surface area contributed by atoms with Crippen LogP contribution in [0.5, 0.6) is 0 Å². The molecule has 2 heterocycles. The lowest BCUT2D eigenvalue weighted by molar-refractivity contribution is -0.121. The monoisotopic (exact) mass is 336 g/mol. The molecule has 25 heavy (non-hydrogen) atoms. The average Bonchev–Trinajstić information content (AvgIpc) is 2.78. The summed E-state index contributed by atoms with van der Waals surface area (Å²) in [5.41, 5.74) is 4.13. The van der Waals surface area contributed by atoms with Crippen molar-refractivity contribution in [1.29, 1.82) is 5.41 Å². The Bertz CT molecular complexity index is 817. The average molecular weight is 336 g/mol. The van der Waals surface area contributed by atoms with E-state index >= 15 is 0 Å². The maximum atomic E-state index is 12.4. The highest BCUT2D eigenvalue weighted by Crippen LogP contribution is 2.41. The third kappa shape index (κ3) is 2.97. The summed E-state index contributed by atoms with van der Waals surface area (Å²) in [6.07, 6.45) is 9.27. The van der Waals surface area contributed by atoms with Gasteiger partial charge in [-0.3, -0.25) is 4.79 Å². The number of amides is 1. The Morgan fingerprint density at radius 1 is 1.32 bits per heavy atom. The van der Waals surface area contributed by atoms with E-state index in [0.29, 0.717) is 0 Å². The minimum Gasteiger partial charge on any atom is -0.377 e. The van der Waals surface area contributed by atoms with E-state index in [1.807, 2.05) is 57.6 Å². The number of benzene rings is 1. The number of rotatable bonds is 4. The Morgan fingerprint density at radius 2 is 2.08 bits per heavy atom. The van der Waals surface area contributed by atoms with Crippen molar-refractivity contribution in [2.45, 2.75) is 19.3 Å². The highest BCUT2D eigenvalue weighted by molar-refractivity contribution is 6.11. The predicted molar refractivity (Wildman–Crippen MR) is 103 cm³/mol. The summed E-state index contributed by atoms with van der Waals surface area (Å²) in [5.74, 6) is 0.0970. The third-order valence-electron chi connectivity index (χ3n) is 4.86. The molecule has 0 saturated heterocycles. The van der Waals surface area contributed by atoms with Crippen LogP contribution in [0.15, 0.2) is 48.4 Å². The first-order valence-electron chi connectivity index (χ1n) is 8.33. The maximum Gasteiger partial charge on any atom is 0.236 e. The van der Waals surface area contributed by atoms with Crippen LogP contribution in [0.3, 0.4) is 0 Å². The summed E-state index contributed by atoms with van der Waals surface area (Å²) in [7, 11) is 3.83. The minimum atomic E-state index is -0.501. The molecule has 5 heteroatoms. The molecule has 0 spiro atoms. The van der Waals surface area contributed by atoms with E-state index in [1.165, 1.54) is 6.21 Å². The van der Waals surface area contributed by atoms with Crippen molar-refractivity contribution in [3.8, 4) is 0 Å². The molecule has 2 N–H and O–H groups in total. The van der Waals surface area contributed by atoms with Crippen LogP contribution in [0.4, 0.5) is 5.69 Å². The van der Waals surface area contributed by atoms with Gasteiger partial charge in [-0.1, -0.05) is 12.1 Å². The highest BCUT2D eigenvalue weighted by atomic mass is 16.2.